The number of methoxy groups -OCH3 is 1. The SMILES string of the molecule is C=C1CC2CC[C@@]34OC5CC(OC6CCC(CC(=O)OC7[C@H](C[C@H]8OC(CC[C@@H]1O2)C[C@@H](C)C8=C)O[C@H]1C[C@H]2O[C@@]8(CC9OC%10(C[C@H](C)C%11OC(CC(=O)O)[C@H](O)CC%11O%10)C[C@H](C)C9O8)C[C@H]2O[C@H]1[C@@H]7C)O[C@@H]65)[C@H](O3)C(O)(OC)C4O. The van der Waals surface area contributed by atoms with Gasteiger partial charge in [0.1, 0.15) is 18.3 Å². The van der Waals surface area contributed by atoms with Crippen molar-refractivity contribution in [1.82, 2.24) is 0 Å². The Bertz CT molecular complexity index is 2430. The summed E-state index contributed by atoms with van der Waals surface area (Å²) in [6, 6.07) is 0. The molecule has 452 valence electrons. The van der Waals surface area contributed by atoms with Gasteiger partial charge in [0.2, 0.25) is 11.6 Å². The predicted molar refractivity (Wildman–Crippen MR) is 278 cm³/mol. The predicted octanol–water partition coefficient (Wildman–Crippen LogP) is 4.59. The Hall–Kier alpha value is -2.26. The van der Waals surface area contributed by atoms with E-state index in [1.54, 1.807) is 0 Å². The highest BCUT2D eigenvalue weighted by atomic mass is 16.8. The molecule has 81 heavy (non-hydrogen) atoms. The van der Waals surface area contributed by atoms with E-state index < -0.39 is 114 Å². The van der Waals surface area contributed by atoms with Crippen LogP contribution in [0.5, 0.6) is 0 Å². The zero-order valence-corrected chi connectivity index (χ0v) is 47.5. The van der Waals surface area contributed by atoms with Crippen LogP contribution in [0.4, 0.5) is 0 Å². The lowest BCUT2D eigenvalue weighted by Crippen LogP contribution is -2.64. The van der Waals surface area contributed by atoms with Gasteiger partial charge in [-0.1, -0.05) is 40.9 Å². The standard InChI is InChI=1S/C60H86O21/c1-26-14-32-8-10-36-27(2)15-34(68-36)12-13-59-56(65)60(66,67-7)55(81-59)45-20-44(79-59)54-37(71-45)11-9-33(70-54)16-49(64)75-53-31(6)52-42(72-41(53)18-38(69-32)30(26)5)19-40-46(74-52)24-58(76-40)25-47-51(80-58)29(4)23-57(78-47)22-28(3)50-43(77-57)17-35(61)39(73-50)21-48(62)63/h26,28-29,31-47,50-56,61,65-66H,2,5,8-25H2,1,3-4,6-7H3,(H,62,63)/t26-,28+,29+,31+,32?,33?,34?,35-,36+,37?,38-,39?,40-,41+,42+,43?,44?,45?,46-,47?,50?,51?,52+,53?,54+,55+,56?,57?,58+,59-,60?/m1/s1. The lowest BCUT2D eigenvalue weighted by Gasteiger charge is -2.54. The molecule has 10 bridgehead atoms. The number of ether oxygens (including phenoxy) is 15. The molecule has 14 aliphatic rings. The van der Waals surface area contributed by atoms with Gasteiger partial charge >= 0.3 is 11.9 Å². The highest BCUT2D eigenvalue weighted by molar-refractivity contribution is 5.70. The second kappa shape index (κ2) is 21.0. The number of esters is 1. The van der Waals surface area contributed by atoms with Crippen LogP contribution in [0.3, 0.4) is 0 Å². The summed E-state index contributed by atoms with van der Waals surface area (Å²) >= 11 is 0. The van der Waals surface area contributed by atoms with Crippen LogP contribution in [-0.4, -0.2) is 203 Å². The van der Waals surface area contributed by atoms with E-state index in [1.165, 1.54) is 7.11 Å². The Balaban J connectivity index is 0.693. The van der Waals surface area contributed by atoms with Gasteiger partial charge in [0, 0.05) is 70.8 Å². The van der Waals surface area contributed by atoms with Crippen LogP contribution >= 0.6 is 0 Å². The Morgan fingerprint density at radius 1 is 0.593 bits per heavy atom. The van der Waals surface area contributed by atoms with E-state index >= 15 is 0 Å². The molecular weight excluding hydrogens is 1060 g/mol. The molecule has 0 aromatic heterocycles. The maximum Gasteiger partial charge on any atom is 0.308 e. The van der Waals surface area contributed by atoms with Crippen molar-refractivity contribution in [2.75, 3.05) is 7.11 Å². The third-order valence-electron chi connectivity index (χ3n) is 21.8. The first-order valence-electron chi connectivity index (χ1n) is 30.8. The molecule has 15 unspecified atom stereocenters. The summed E-state index contributed by atoms with van der Waals surface area (Å²) in [7, 11) is 1.35. The molecule has 14 aliphatic heterocycles. The third-order valence-corrected chi connectivity index (χ3v) is 21.8. The topological polar surface area (TPSA) is 254 Å². The maximum absolute atomic E-state index is 14.6. The van der Waals surface area contributed by atoms with E-state index in [9.17, 15) is 30.0 Å². The number of fused-ring (bicyclic) bond motifs is 13. The Labute approximate surface area is 473 Å². The number of aliphatic carboxylic acids is 1. The van der Waals surface area contributed by atoms with E-state index in [-0.39, 0.29) is 110 Å². The van der Waals surface area contributed by atoms with Crippen molar-refractivity contribution in [3.05, 3.63) is 24.3 Å². The van der Waals surface area contributed by atoms with E-state index in [2.05, 4.69) is 40.9 Å². The van der Waals surface area contributed by atoms with Crippen molar-refractivity contribution in [3.63, 3.8) is 0 Å². The van der Waals surface area contributed by atoms with Gasteiger partial charge in [-0.3, -0.25) is 9.59 Å². The quantitative estimate of drug-likeness (QED) is 0.171. The lowest BCUT2D eigenvalue weighted by atomic mass is 9.78. The highest BCUT2D eigenvalue weighted by Gasteiger charge is 2.72. The molecule has 14 saturated heterocycles. The molecule has 14 heterocycles. The van der Waals surface area contributed by atoms with Crippen molar-refractivity contribution >= 4 is 11.9 Å². The normalized spacial score (nSPS) is 56.8. The van der Waals surface area contributed by atoms with Crippen molar-refractivity contribution in [2.24, 2.45) is 23.7 Å². The van der Waals surface area contributed by atoms with Crippen LogP contribution in [0.25, 0.3) is 0 Å². The van der Waals surface area contributed by atoms with E-state index in [0.717, 1.165) is 24.0 Å². The molecular formula is C60H86O21. The monoisotopic (exact) mass is 1140 g/mol. The fraction of sp³-hybridized carbons (Fsp3) is 0.900. The fourth-order valence-corrected chi connectivity index (χ4v) is 17.8. The molecule has 21 heteroatoms. The van der Waals surface area contributed by atoms with Crippen LogP contribution < -0.4 is 0 Å². The number of rotatable bonds is 3. The van der Waals surface area contributed by atoms with Gasteiger partial charge in [-0.05, 0) is 73.8 Å². The molecule has 0 amide bonds. The largest absolute Gasteiger partial charge is 0.481 e. The molecule has 4 N–H and O–H groups in total. The molecule has 3 spiro atoms. The number of hydrogen-bond donors (Lipinski definition) is 4. The van der Waals surface area contributed by atoms with Crippen molar-refractivity contribution < 1.29 is 101 Å². The van der Waals surface area contributed by atoms with E-state index in [4.69, 9.17) is 71.1 Å². The van der Waals surface area contributed by atoms with Crippen molar-refractivity contribution in [2.45, 2.75) is 307 Å². The first-order valence-corrected chi connectivity index (χ1v) is 30.8. The molecule has 0 aromatic carbocycles. The minimum absolute atomic E-state index is 0.00604. The molecule has 0 saturated carbocycles. The van der Waals surface area contributed by atoms with Gasteiger partial charge in [-0.2, -0.15) is 0 Å². The van der Waals surface area contributed by atoms with Crippen LogP contribution in [-0.2, 0) is 80.6 Å². The average Bonchev–Trinajstić information content (AvgIpc) is 3.42. The Kier molecular flexibility index (Phi) is 14.6. The molecule has 14 rings (SSSR count). The minimum atomic E-state index is -2.08. The maximum atomic E-state index is 14.6. The number of aliphatic hydroxyl groups is 3. The summed E-state index contributed by atoms with van der Waals surface area (Å²) in [5.41, 5.74) is 1.98. The number of carboxylic acid groups (broad SMARTS) is 1. The first-order chi connectivity index (χ1) is 38.7. The van der Waals surface area contributed by atoms with Crippen LogP contribution in [0.15, 0.2) is 24.3 Å². The van der Waals surface area contributed by atoms with E-state index in [1.807, 2.05) is 0 Å². The summed E-state index contributed by atoms with van der Waals surface area (Å²) in [6.45, 7) is 17.5. The summed E-state index contributed by atoms with van der Waals surface area (Å²) in [4.78, 5) is 26.1. The van der Waals surface area contributed by atoms with Gasteiger partial charge in [0.05, 0.1) is 129 Å². The van der Waals surface area contributed by atoms with Crippen LogP contribution in [0, 0.1) is 23.7 Å². The summed E-state index contributed by atoms with van der Waals surface area (Å²) in [6.07, 6.45) is -4.14. The molecule has 21 nitrogen and oxygen atoms in total. The summed E-state index contributed by atoms with van der Waals surface area (Å²) < 4.78 is 101. The number of carboxylic acids is 1. The smallest absolute Gasteiger partial charge is 0.308 e. The van der Waals surface area contributed by atoms with Crippen molar-refractivity contribution in [1.29, 1.82) is 0 Å². The third kappa shape index (κ3) is 9.85. The zero-order valence-electron chi connectivity index (χ0n) is 47.5. The Morgan fingerprint density at radius 2 is 1.27 bits per heavy atom. The minimum Gasteiger partial charge on any atom is -0.481 e. The lowest BCUT2D eigenvalue weighted by molar-refractivity contribution is -0.371. The first kappa shape index (κ1) is 56.5. The number of hydrogen-bond acceptors (Lipinski definition) is 20. The van der Waals surface area contributed by atoms with Gasteiger partial charge < -0.3 is 91.5 Å². The second-order valence-electron chi connectivity index (χ2n) is 27.3. The van der Waals surface area contributed by atoms with Gasteiger partial charge in [-0.25, -0.2) is 0 Å². The summed E-state index contributed by atoms with van der Waals surface area (Å²) in [5.74, 6) is -7.14. The second-order valence-corrected chi connectivity index (χ2v) is 27.3. The van der Waals surface area contributed by atoms with Crippen LogP contribution in [0.2, 0.25) is 0 Å². The fourth-order valence-electron chi connectivity index (χ4n) is 17.8. The number of aliphatic hydroxyl groups excluding tert-OH is 2. The van der Waals surface area contributed by atoms with Gasteiger partial charge in [0.15, 0.2) is 17.7 Å². The van der Waals surface area contributed by atoms with Gasteiger partial charge in [0.25, 0.3) is 0 Å². The average molecular weight is 1140 g/mol. The molecule has 0 aromatic rings. The zero-order chi connectivity index (χ0) is 56.2. The van der Waals surface area contributed by atoms with E-state index in [0.29, 0.717) is 77.0 Å². The molecule has 31 atom stereocenters. The highest BCUT2D eigenvalue weighted by Crippen LogP contribution is 2.57. The summed E-state index contributed by atoms with van der Waals surface area (Å²) in [5, 5.41) is 44.2. The molecule has 14 fully saturated rings. The van der Waals surface area contributed by atoms with Crippen molar-refractivity contribution in [3.8, 4) is 0 Å². The molecule has 0 aliphatic carbocycles. The number of carbonyl (C=O) groups excluding carboxylic acids is 1. The van der Waals surface area contributed by atoms with Crippen LogP contribution in [0.1, 0.15) is 143 Å². The van der Waals surface area contributed by atoms with Gasteiger partial charge in [-0.15, -0.1) is 0 Å². The Morgan fingerprint density at radius 3 is 2.07 bits per heavy atom. The molecule has 0 radical (unpaired) electrons. The number of carbonyl (C=O) groups is 2.